The molecule has 19 heavy (non-hydrogen) atoms. The van der Waals surface area contributed by atoms with E-state index in [1.54, 1.807) is 7.11 Å². The third kappa shape index (κ3) is 2.68. The van der Waals surface area contributed by atoms with E-state index in [0.717, 1.165) is 22.1 Å². The Morgan fingerprint density at radius 2 is 2.00 bits per heavy atom. The van der Waals surface area contributed by atoms with Gasteiger partial charge in [0.25, 0.3) is 0 Å². The van der Waals surface area contributed by atoms with Gasteiger partial charge in [-0.05, 0) is 17.0 Å². The quantitative estimate of drug-likeness (QED) is 0.858. The van der Waals surface area contributed by atoms with Crippen molar-refractivity contribution in [1.29, 1.82) is 5.26 Å². The fourth-order valence-corrected chi connectivity index (χ4v) is 2.16. The van der Waals surface area contributed by atoms with Crippen molar-refractivity contribution >= 4 is 10.8 Å². The summed E-state index contributed by atoms with van der Waals surface area (Å²) in [5.74, 6) is 0.790. The van der Waals surface area contributed by atoms with Crippen molar-refractivity contribution in [3.63, 3.8) is 0 Å². The van der Waals surface area contributed by atoms with Gasteiger partial charge in [-0.25, -0.2) is 0 Å². The van der Waals surface area contributed by atoms with Gasteiger partial charge in [0.1, 0.15) is 11.8 Å². The minimum absolute atomic E-state index is 0.00622. The summed E-state index contributed by atoms with van der Waals surface area (Å²) in [6.45, 7) is 0.394. The molecule has 0 aliphatic rings. The molecule has 1 unspecified atom stereocenters. The van der Waals surface area contributed by atoms with Crippen LogP contribution in [0.4, 0.5) is 0 Å². The Balaban J connectivity index is 2.52. The Labute approximate surface area is 112 Å². The molecule has 0 heterocycles. The molecule has 0 aromatic heterocycles. The number of nitriles is 1. The Morgan fingerprint density at radius 3 is 2.63 bits per heavy atom. The van der Waals surface area contributed by atoms with Gasteiger partial charge in [0.05, 0.1) is 19.8 Å². The first-order valence-electron chi connectivity index (χ1n) is 6.11. The summed E-state index contributed by atoms with van der Waals surface area (Å²) in [6, 6.07) is 13.3. The second-order valence-electron chi connectivity index (χ2n) is 4.14. The molecule has 2 rings (SSSR count). The Bertz CT molecular complexity index is 605. The largest absolute Gasteiger partial charge is 0.496 e. The van der Waals surface area contributed by atoms with Crippen LogP contribution in [-0.4, -0.2) is 25.4 Å². The number of ether oxygens (including phenoxy) is 1. The lowest BCUT2D eigenvalue weighted by Gasteiger charge is -2.15. The number of fused-ring (bicyclic) bond motifs is 1. The second-order valence-corrected chi connectivity index (χ2v) is 4.14. The first kappa shape index (κ1) is 13.3. The van der Waals surface area contributed by atoms with E-state index in [0.29, 0.717) is 6.54 Å². The summed E-state index contributed by atoms with van der Waals surface area (Å²) in [5, 5.41) is 23.1. The maximum Gasteiger partial charge on any atom is 0.126 e. The summed E-state index contributed by atoms with van der Waals surface area (Å²) in [4.78, 5) is 0. The highest BCUT2D eigenvalue weighted by atomic mass is 16.5. The van der Waals surface area contributed by atoms with Crippen molar-refractivity contribution in [2.45, 2.75) is 6.04 Å². The molecule has 0 amide bonds. The van der Waals surface area contributed by atoms with Crippen LogP contribution in [-0.2, 0) is 0 Å². The van der Waals surface area contributed by atoms with E-state index < -0.39 is 6.04 Å². The van der Waals surface area contributed by atoms with E-state index in [1.807, 2.05) is 36.4 Å². The SMILES string of the molecule is COc1ccc(C(C#N)NCCO)c2ccccc12. The monoisotopic (exact) mass is 256 g/mol. The van der Waals surface area contributed by atoms with Crippen LogP contribution in [0.1, 0.15) is 11.6 Å². The van der Waals surface area contributed by atoms with E-state index in [4.69, 9.17) is 9.84 Å². The third-order valence-corrected chi connectivity index (χ3v) is 3.04. The van der Waals surface area contributed by atoms with Gasteiger partial charge in [-0.1, -0.05) is 30.3 Å². The van der Waals surface area contributed by atoms with Crippen molar-refractivity contribution < 1.29 is 9.84 Å². The minimum Gasteiger partial charge on any atom is -0.496 e. The zero-order valence-electron chi connectivity index (χ0n) is 10.8. The van der Waals surface area contributed by atoms with Gasteiger partial charge in [0.2, 0.25) is 0 Å². The minimum atomic E-state index is -0.442. The van der Waals surface area contributed by atoms with Crippen molar-refractivity contribution in [2.24, 2.45) is 0 Å². The molecule has 98 valence electrons. The van der Waals surface area contributed by atoms with Crippen molar-refractivity contribution in [3.8, 4) is 11.8 Å². The Morgan fingerprint density at radius 1 is 1.26 bits per heavy atom. The predicted molar refractivity (Wildman–Crippen MR) is 73.9 cm³/mol. The lowest BCUT2D eigenvalue weighted by atomic mass is 9.98. The van der Waals surface area contributed by atoms with E-state index in [9.17, 15) is 5.26 Å². The highest BCUT2D eigenvalue weighted by molar-refractivity contribution is 5.91. The van der Waals surface area contributed by atoms with E-state index >= 15 is 0 Å². The van der Waals surface area contributed by atoms with Crippen LogP contribution in [0.25, 0.3) is 10.8 Å². The average molecular weight is 256 g/mol. The molecule has 2 aromatic rings. The molecule has 0 radical (unpaired) electrons. The van der Waals surface area contributed by atoms with Crippen LogP contribution >= 0.6 is 0 Å². The maximum absolute atomic E-state index is 9.27. The number of benzene rings is 2. The van der Waals surface area contributed by atoms with Crippen LogP contribution < -0.4 is 10.1 Å². The normalized spacial score (nSPS) is 12.1. The number of aliphatic hydroxyl groups is 1. The smallest absolute Gasteiger partial charge is 0.126 e. The van der Waals surface area contributed by atoms with E-state index in [1.165, 1.54) is 0 Å². The number of rotatable bonds is 5. The molecule has 0 saturated carbocycles. The summed E-state index contributed by atoms with van der Waals surface area (Å²) in [5.41, 5.74) is 0.896. The molecule has 0 saturated heterocycles. The molecular formula is C15H16N2O2. The molecule has 4 nitrogen and oxygen atoms in total. The number of aliphatic hydroxyl groups excluding tert-OH is 1. The molecule has 2 aromatic carbocycles. The summed E-state index contributed by atoms with van der Waals surface area (Å²) in [6.07, 6.45) is 0. The van der Waals surface area contributed by atoms with E-state index in [2.05, 4.69) is 11.4 Å². The topological polar surface area (TPSA) is 65.3 Å². The highest BCUT2D eigenvalue weighted by Gasteiger charge is 2.14. The van der Waals surface area contributed by atoms with E-state index in [-0.39, 0.29) is 6.61 Å². The molecule has 0 bridgehead atoms. The summed E-state index contributed by atoms with van der Waals surface area (Å²) < 4.78 is 5.33. The van der Waals surface area contributed by atoms with Gasteiger partial charge in [0, 0.05) is 11.9 Å². The molecule has 2 N–H and O–H groups in total. The van der Waals surface area contributed by atoms with Crippen molar-refractivity contribution in [1.82, 2.24) is 5.32 Å². The maximum atomic E-state index is 9.27. The fourth-order valence-electron chi connectivity index (χ4n) is 2.16. The molecule has 4 heteroatoms. The lowest BCUT2D eigenvalue weighted by molar-refractivity contribution is 0.289. The van der Waals surface area contributed by atoms with Crippen LogP contribution in [0.3, 0.4) is 0 Å². The van der Waals surface area contributed by atoms with Gasteiger partial charge in [0.15, 0.2) is 0 Å². The average Bonchev–Trinajstić information content (AvgIpc) is 2.48. The Kier molecular flexibility index (Phi) is 4.35. The van der Waals surface area contributed by atoms with Crippen molar-refractivity contribution in [2.75, 3.05) is 20.3 Å². The van der Waals surface area contributed by atoms with Crippen LogP contribution in [0, 0.1) is 11.3 Å². The summed E-state index contributed by atoms with van der Waals surface area (Å²) >= 11 is 0. The Hall–Kier alpha value is -2.09. The molecular weight excluding hydrogens is 240 g/mol. The molecule has 0 fully saturated rings. The van der Waals surface area contributed by atoms with Crippen LogP contribution in [0.15, 0.2) is 36.4 Å². The zero-order valence-corrected chi connectivity index (χ0v) is 10.8. The number of nitrogens with zero attached hydrogens (tertiary/aromatic N) is 1. The summed E-state index contributed by atoms with van der Waals surface area (Å²) in [7, 11) is 1.63. The standard InChI is InChI=1S/C15H16N2O2/c1-19-15-7-6-12(14(10-16)17-8-9-18)11-4-2-3-5-13(11)15/h2-7,14,17-18H,8-9H2,1H3. The van der Waals surface area contributed by atoms with Gasteiger partial charge >= 0.3 is 0 Å². The molecule has 0 aliphatic carbocycles. The number of hydrogen-bond donors (Lipinski definition) is 2. The third-order valence-electron chi connectivity index (χ3n) is 3.04. The predicted octanol–water partition coefficient (Wildman–Crippen LogP) is 1.99. The second kappa shape index (κ2) is 6.19. The van der Waals surface area contributed by atoms with Gasteiger partial charge in [-0.15, -0.1) is 0 Å². The highest BCUT2D eigenvalue weighted by Crippen LogP contribution is 2.31. The van der Waals surface area contributed by atoms with Gasteiger partial charge in [-0.2, -0.15) is 5.26 Å². The van der Waals surface area contributed by atoms with Crippen LogP contribution in [0.2, 0.25) is 0 Å². The first-order valence-corrected chi connectivity index (χ1v) is 6.11. The molecule has 0 aliphatic heterocycles. The van der Waals surface area contributed by atoms with Crippen molar-refractivity contribution in [3.05, 3.63) is 42.0 Å². The molecule has 1 atom stereocenters. The van der Waals surface area contributed by atoms with Crippen LogP contribution in [0.5, 0.6) is 5.75 Å². The van der Waals surface area contributed by atoms with Gasteiger partial charge in [-0.3, -0.25) is 5.32 Å². The number of nitrogens with one attached hydrogen (secondary N) is 1. The zero-order chi connectivity index (χ0) is 13.7. The number of methoxy groups -OCH3 is 1. The fraction of sp³-hybridized carbons (Fsp3) is 0.267. The lowest BCUT2D eigenvalue weighted by Crippen LogP contribution is -2.23. The molecule has 0 spiro atoms. The number of hydrogen-bond acceptors (Lipinski definition) is 4. The first-order chi connectivity index (χ1) is 9.31. The van der Waals surface area contributed by atoms with Gasteiger partial charge < -0.3 is 9.84 Å².